The topological polar surface area (TPSA) is 87.9 Å². The minimum Gasteiger partial charge on any atom is -0.489 e. The Morgan fingerprint density at radius 2 is 1.12 bits per heavy atom. The summed E-state index contributed by atoms with van der Waals surface area (Å²) < 4.78 is 21.4. The molecule has 350 valence electrons. The summed E-state index contributed by atoms with van der Waals surface area (Å²) in [5.74, 6) is 3.68. The lowest BCUT2D eigenvalue weighted by molar-refractivity contribution is -0.145. The van der Waals surface area contributed by atoms with E-state index >= 15 is 0 Å². The fraction of sp³-hybridized carbons (Fsp3) is 0.389. The zero-order valence-electron chi connectivity index (χ0n) is 39.9. The molecule has 65 heavy (non-hydrogen) atoms. The van der Waals surface area contributed by atoms with Gasteiger partial charge in [-0.3, -0.25) is 9.59 Å². The number of aromatic nitrogens is 1. The van der Waals surface area contributed by atoms with Gasteiger partial charge in [-0.25, -0.2) is 4.98 Å². The number of nitrogens with zero attached hydrogens (tertiary/aromatic N) is 1. The van der Waals surface area contributed by atoms with Crippen LogP contribution >= 0.6 is 43.2 Å². The molecule has 0 bridgehead atoms. The van der Waals surface area contributed by atoms with Crippen molar-refractivity contribution in [1.29, 1.82) is 0 Å². The first-order valence-corrected chi connectivity index (χ1v) is 27.2. The third-order valence-corrected chi connectivity index (χ3v) is 15.3. The molecular formula is C54H69NO6S4. The van der Waals surface area contributed by atoms with Crippen LogP contribution in [0, 0.1) is 11.8 Å². The van der Waals surface area contributed by atoms with Crippen LogP contribution in [0.2, 0.25) is 0 Å². The van der Waals surface area contributed by atoms with Crippen LogP contribution in [0.25, 0.3) is 11.1 Å². The molecule has 1 heterocycles. The third kappa shape index (κ3) is 20.8. The molecule has 0 spiro atoms. The van der Waals surface area contributed by atoms with Crippen LogP contribution in [0.3, 0.4) is 0 Å². The van der Waals surface area contributed by atoms with Gasteiger partial charge in [0, 0.05) is 26.3 Å². The Labute approximate surface area is 405 Å². The molecule has 0 aliphatic carbocycles. The molecule has 0 aliphatic heterocycles. The number of para-hydroxylation sites is 2. The first-order valence-electron chi connectivity index (χ1n) is 22.7. The molecule has 7 nitrogen and oxygen atoms in total. The van der Waals surface area contributed by atoms with E-state index in [9.17, 15) is 9.59 Å². The number of hydrogen-bond donors (Lipinski definition) is 0. The lowest BCUT2D eigenvalue weighted by Gasteiger charge is -2.11. The van der Waals surface area contributed by atoms with E-state index in [4.69, 9.17) is 13.9 Å². The van der Waals surface area contributed by atoms with Crippen molar-refractivity contribution < 1.29 is 28.2 Å². The van der Waals surface area contributed by atoms with Crippen LogP contribution in [0.5, 0.6) is 11.5 Å². The summed E-state index contributed by atoms with van der Waals surface area (Å²) in [4.78, 5) is 29.0. The Morgan fingerprint density at radius 1 is 0.585 bits per heavy atom. The van der Waals surface area contributed by atoms with Gasteiger partial charge in [-0.2, -0.15) is 0 Å². The molecule has 0 amide bonds. The summed E-state index contributed by atoms with van der Waals surface area (Å²) in [7, 11) is 8.16. The predicted octanol–water partition coefficient (Wildman–Crippen LogP) is 16.9. The second kappa shape index (κ2) is 31.6. The smallest absolute Gasteiger partial charge is 0.314 e. The quantitative estimate of drug-likeness (QED) is 0.0337. The monoisotopic (exact) mass is 955 g/mol. The highest BCUT2D eigenvalue weighted by molar-refractivity contribution is 8.77. The second-order valence-corrected chi connectivity index (χ2v) is 20.2. The van der Waals surface area contributed by atoms with Gasteiger partial charge >= 0.3 is 11.9 Å². The van der Waals surface area contributed by atoms with E-state index < -0.39 is 0 Å². The van der Waals surface area contributed by atoms with E-state index in [-0.39, 0.29) is 23.8 Å². The minimum atomic E-state index is -0.196. The maximum Gasteiger partial charge on any atom is 0.314 e. The number of fused-ring (bicyclic) bond motifs is 1. The molecule has 0 radical (unpaired) electrons. The van der Waals surface area contributed by atoms with Crippen LogP contribution in [-0.2, 0) is 20.9 Å². The van der Waals surface area contributed by atoms with Gasteiger partial charge in [0.1, 0.15) is 23.6 Å². The molecule has 0 saturated heterocycles. The van der Waals surface area contributed by atoms with Gasteiger partial charge < -0.3 is 18.6 Å². The largest absolute Gasteiger partial charge is 0.489 e. The van der Waals surface area contributed by atoms with Crippen molar-refractivity contribution in [3.8, 4) is 11.5 Å². The molecule has 1 aromatic heterocycles. The molecule has 6 aromatic rings. The summed E-state index contributed by atoms with van der Waals surface area (Å²) in [6.07, 6.45) is 5.25. The first-order chi connectivity index (χ1) is 31.4. The van der Waals surface area contributed by atoms with E-state index in [1.807, 2.05) is 85.7 Å². The summed E-state index contributed by atoms with van der Waals surface area (Å²) in [5, 5.41) is 0.619. The zero-order chi connectivity index (χ0) is 47.4. The highest BCUT2D eigenvalue weighted by Crippen LogP contribution is 2.38. The van der Waals surface area contributed by atoms with Gasteiger partial charge in [-0.1, -0.05) is 151 Å². The van der Waals surface area contributed by atoms with Crippen molar-refractivity contribution in [2.45, 2.75) is 128 Å². The highest BCUT2D eigenvalue weighted by atomic mass is 33.1. The summed E-state index contributed by atoms with van der Waals surface area (Å²) in [5.41, 5.74) is 5.71. The average molecular weight is 956 g/mol. The Hall–Kier alpha value is -4.29. The van der Waals surface area contributed by atoms with Crippen LogP contribution in [0.1, 0.15) is 123 Å². The fourth-order valence-corrected chi connectivity index (χ4v) is 9.28. The number of benzene rings is 5. The molecule has 0 aliphatic rings. The molecule has 5 aromatic carbocycles. The number of rotatable bonds is 19. The first kappa shape index (κ1) is 55.0. The van der Waals surface area contributed by atoms with Gasteiger partial charge in [0.05, 0.1) is 18.9 Å². The molecule has 11 heteroatoms. The average Bonchev–Trinajstić information content (AvgIpc) is 3.79. The number of ether oxygens (including phenoxy) is 3. The molecule has 0 N–H and O–H groups in total. The summed E-state index contributed by atoms with van der Waals surface area (Å²) in [6.45, 7) is 19.4. The van der Waals surface area contributed by atoms with Crippen molar-refractivity contribution in [2.24, 2.45) is 11.8 Å². The Kier molecular flexibility index (Phi) is 26.8. The zero-order valence-corrected chi connectivity index (χ0v) is 43.2. The number of carbonyl (C=O) groups excluding carboxylic acids is 2. The number of hydrogen-bond acceptors (Lipinski definition) is 11. The van der Waals surface area contributed by atoms with Crippen LogP contribution in [-0.4, -0.2) is 29.8 Å². The maximum absolute atomic E-state index is 11.8. The molecule has 0 fully saturated rings. The highest BCUT2D eigenvalue weighted by Gasteiger charge is 2.13. The van der Waals surface area contributed by atoms with E-state index in [1.54, 1.807) is 22.9 Å². The van der Waals surface area contributed by atoms with Crippen molar-refractivity contribution in [3.05, 3.63) is 144 Å². The molecular weight excluding hydrogens is 887 g/mol. The number of methoxy groups -OCH3 is 1. The molecule has 4 atom stereocenters. The maximum atomic E-state index is 11.8. The molecule has 0 saturated carbocycles. The van der Waals surface area contributed by atoms with Gasteiger partial charge in [-0.15, -0.1) is 0 Å². The fourth-order valence-electron chi connectivity index (χ4n) is 5.43. The predicted molar refractivity (Wildman–Crippen MR) is 278 cm³/mol. The Morgan fingerprint density at radius 3 is 1.66 bits per heavy atom. The number of oxazole rings is 1. The molecule has 6 rings (SSSR count). The second-order valence-electron chi connectivity index (χ2n) is 15.6. The summed E-state index contributed by atoms with van der Waals surface area (Å²) in [6, 6.07) is 42.9. The lowest BCUT2D eigenvalue weighted by Crippen LogP contribution is -2.16. The SMILES string of the molecule is CCC(C)C(=O)OC.CCC(C)C(=O)Oc1ccc(SSc2nc3ccccc3o2)cc1.CCC(C)c1ccccc1.CCCSSc1ccc(OCc2ccc(C(C)CC)cc2)cc1. The van der Waals surface area contributed by atoms with Gasteiger partial charge in [0.25, 0.3) is 5.22 Å². The van der Waals surface area contributed by atoms with Crippen LogP contribution in [0.15, 0.2) is 147 Å². The van der Waals surface area contributed by atoms with E-state index in [0.717, 1.165) is 34.6 Å². The Balaban J connectivity index is 0.000000253. The van der Waals surface area contributed by atoms with Gasteiger partial charge in [0.2, 0.25) is 0 Å². The van der Waals surface area contributed by atoms with Crippen LogP contribution < -0.4 is 9.47 Å². The van der Waals surface area contributed by atoms with Gasteiger partial charge in [-0.05, 0) is 132 Å². The van der Waals surface area contributed by atoms with Crippen LogP contribution in [0.4, 0.5) is 0 Å². The van der Waals surface area contributed by atoms with E-state index in [2.05, 4.69) is 123 Å². The molecule has 4 unspecified atom stereocenters. The van der Waals surface area contributed by atoms with Gasteiger partial charge in [0.15, 0.2) is 5.58 Å². The minimum absolute atomic E-state index is 0.0556. The number of esters is 2. The summed E-state index contributed by atoms with van der Waals surface area (Å²) >= 11 is 0. The van der Waals surface area contributed by atoms with Crippen molar-refractivity contribution in [2.75, 3.05) is 12.9 Å². The Bertz CT molecular complexity index is 2160. The normalized spacial score (nSPS) is 12.4. The third-order valence-electron chi connectivity index (χ3n) is 10.6. The van der Waals surface area contributed by atoms with Crippen molar-refractivity contribution in [1.82, 2.24) is 4.98 Å². The van der Waals surface area contributed by atoms with Crippen molar-refractivity contribution >= 4 is 66.2 Å². The number of carbonyl (C=O) groups is 2. The standard InChI is InChI=1S/C20H26OS2.C18H17NO3S2.C10H14.C6H12O2/c1-4-14-22-23-20-12-10-19(11-13-20)21-15-17-6-8-18(9-7-17)16(3)5-2;1-3-12(2)17(20)21-13-8-10-14(11-9-13)23-24-18-19-15-6-4-5-7-16(15)22-18;1-3-9(2)10-7-5-4-6-8-10;1-4-5(2)6(7)8-3/h6-13,16H,4-5,14-15H2,1-3H3;4-12H,3H2,1-2H3;4-9H,3H2,1-2H3;5H,4H2,1-3H3. The lowest BCUT2D eigenvalue weighted by atomic mass is 9.98. The van der Waals surface area contributed by atoms with E-state index in [1.165, 1.54) is 64.5 Å². The van der Waals surface area contributed by atoms with E-state index in [0.29, 0.717) is 29.4 Å². The van der Waals surface area contributed by atoms with Crippen molar-refractivity contribution in [3.63, 3.8) is 0 Å².